The second kappa shape index (κ2) is 7.89. The minimum absolute atomic E-state index is 0.340. The second-order valence-electron chi connectivity index (χ2n) is 3.87. The lowest BCUT2D eigenvalue weighted by Gasteiger charge is -2.01. The molecule has 1 aromatic carbocycles. The molecule has 1 N–H and O–H groups in total. The number of hydrogen-bond acceptors (Lipinski definition) is 1. The van der Waals surface area contributed by atoms with E-state index in [2.05, 4.69) is 40.2 Å². The highest BCUT2D eigenvalue weighted by Gasteiger charge is 1.94. The number of halogens is 1. The van der Waals surface area contributed by atoms with Gasteiger partial charge < -0.3 is 5.11 Å². The van der Waals surface area contributed by atoms with Crippen LogP contribution in [0.1, 0.15) is 37.7 Å². The Morgan fingerprint density at radius 1 is 0.867 bits per heavy atom. The highest BCUT2D eigenvalue weighted by atomic mass is 79.9. The van der Waals surface area contributed by atoms with Crippen LogP contribution >= 0.6 is 15.9 Å². The molecule has 0 heterocycles. The van der Waals surface area contributed by atoms with Crippen LogP contribution in [0.2, 0.25) is 0 Å². The van der Waals surface area contributed by atoms with Crippen LogP contribution in [0.3, 0.4) is 0 Å². The van der Waals surface area contributed by atoms with Gasteiger partial charge in [0, 0.05) is 11.1 Å². The van der Waals surface area contributed by atoms with Crippen LogP contribution in [-0.4, -0.2) is 11.7 Å². The first kappa shape index (κ1) is 12.7. The summed E-state index contributed by atoms with van der Waals surface area (Å²) in [5, 5.41) is 8.62. The molecular formula is C13H19BrO. The van der Waals surface area contributed by atoms with Gasteiger partial charge in [0.2, 0.25) is 0 Å². The number of benzene rings is 1. The molecule has 15 heavy (non-hydrogen) atoms. The third-order valence-corrected chi connectivity index (χ3v) is 3.07. The lowest BCUT2D eigenvalue weighted by atomic mass is 10.1. The van der Waals surface area contributed by atoms with E-state index in [0.29, 0.717) is 6.61 Å². The fourth-order valence-electron chi connectivity index (χ4n) is 1.62. The number of rotatable bonds is 7. The van der Waals surface area contributed by atoms with Gasteiger partial charge in [-0.25, -0.2) is 0 Å². The third kappa shape index (κ3) is 5.95. The van der Waals surface area contributed by atoms with Crippen molar-refractivity contribution in [3.8, 4) is 0 Å². The van der Waals surface area contributed by atoms with Crippen molar-refractivity contribution in [3.05, 3.63) is 34.3 Å². The summed E-state index contributed by atoms with van der Waals surface area (Å²) in [4.78, 5) is 0. The van der Waals surface area contributed by atoms with Crippen molar-refractivity contribution >= 4 is 15.9 Å². The molecule has 0 radical (unpaired) electrons. The Hall–Kier alpha value is -0.340. The number of hydrogen-bond donors (Lipinski definition) is 1. The minimum Gasteiger partial charge on any atom is -0.396 e. The van der Waals surface area contributed by atoms with Crippen LogP contribution in [0.25, 0.3) is 0 Å². The zero-order valence-electron chi connectivity index (χ0n) is 9.08. The number of aliphatic hydroxyl groups excluding tert-OH is 1. The van der Waals surface area contributed by atoms with E-state index < -0.39 is 0 Å². The summed E-state index contributed by atoms with van der Waals surface area (Å²) in [5.74, 6) is 0. The van der Waals surface area contributed by atoms with Crippen LogP contribution in [0.5, 0.6) is 0 Å². The van der Waals surface area contributed by atoms with E-state index >= 15 is 0 Å². The van der Waals surface area contributed by atoms with E-state index in [4.69, 9.17) is 5.11 Å². The predicted octanol–water partition coefficient (Wildman–Crippen LogP) is 3.93. The summed E-state index contributed by atoms with van der Waals surface area (Å²) >= 11 is 3.43. The average Bonchev–Trinajstić information content (AvgIpc) is 2.26. The van der Waals surface area contributed by atoms with E-state index in [9.17, 15) is 0 Å². The van der Waals surface area contributed by atoms with Gasteiger partial charge in [-0.15, -0.1) is 0 Å². The number of unbranched alkanes of at least 4 members (excludes halogenated alkanes) is 4. The van der Waals surface area contributed by atoms with E-state index in [1.54, 1.807) is 0 Å². The van der Waals surface area contributed by atoms with Crippen molar-refractivity contribution in [3.63, 3.8) is 0 Å². The van der Waals surface area contributed by atoms with Gasteiger partial charge in [0.1, 0.15) is 0 Å². The third-order valence-electron chi connectivity index (χ3n) is 2.54. The zero-order valence-corrected chi connectivity index (χ0v) is 10.7. The molecule has 0 unspecified atom stereocenters. The predicted molar refractivity (Wildman–Crippen MR) is 68.0 cm³/mol. The van der Waals surface area contributed by atoms with E-state index in [0.717, 1.165) is 17.3 Å². The molecule has 0 aliphatic heterocycles. The summed E-state index contributed by atoms with van der Waals surface area (Å²) in [5.41, 5.74) is 1.42. The number of aryl methyl sites for hydroxylation is 1. The van der Waals surface area contributed by atoms with Crippen molar-refractivity contribution in [2.24, 2.45) is 0 Å². The van der Waals surface area contributed by atoms with Gasteiger partial charge in [-0.1, -0.05) is 47.3 Å². The van der Waals surface area contributed by atoms with Crippen LogP contribution in [-0.2, 0) is 6.42 Å². The van der Waals surface area contributed by atoms with Crippen molar-refractivity contribution in [2.45, 2.75) is 38.5 Å². The molecule has 1 rings (SSSR count). The second-order valence-corrected chi connectivity index (χ2v) is 4.78. The molecule has 2 heteroatoms. The quantitative estimate of drug-likeness (QED) is 0.745. The molecule has 0 saturated carbocycles. The first-order valence-corrected chi connectivity index (χ1v) is 6.47. The van der Waals surface area contributed by atoms with Gasteiger partial charge in [0.05, 0.1) is 0 Å². The van der Waals surface area contributed by atoms with E-state index in [-0.39, 0.29) is 0 Å². The van der Waals surface area contributed by atoms with Gasteiger partial charge in [0.15, 0.2) is 0 Å². The first-order chi connectivity index (χ1) is 7.33. The standard InChI is InChI=1S/C13H19BrO/c14-13-9-7-12(8-10-13)6-4-2-1-3-5-11-15/h7-10,15H,1-6,11H2. The maximum atomic E-state index is 8.62. The molecular weight excluding hydrogens is 252 g/mol. The largest absolute Gasteiger partial charge is 0.396 e. The molecule has 0 spiro atoms. The van der Waals surface area contributed by atoms with Gasteiger partial charge in [-0.05, 0) is 37.0 Å². The van der Waals surface area contributed by atoms with Crippen LogP contribution < -0.4 is 0 Å². The summed E-state index contributed by atoms with van der Waals surface area (Å²) < 4.78 is 1.15. The fraction of sp³-hybridized carbons (Fsp3) is 0.538. The maximum Gasteiger partial charge on any atom is 0.0431 e. The molecule has 0 atom stereocenters. The Morgan fingerprint density at radius 2 is 1.47 bits per heavy atom. The highest BCUT2D eigenvalue weighted by molar-refractivity contribution is 9.10. The molecule has 1 nitrogen and oxygen atoms in total. The Balaban J connectivity index is 2.07. The number of aliphatic hydroxyl groups is 1. The average molecular weight is 271 g/mol. The Labute approximate surface area is 101 Å². The van der Waals surface area contributed by atoms with Gasteiger partial charge >= 0.3 is 0 Å². The van der Waals surface area contributed by atoms with Gasteiger partial charge in [0.25, 0.3) is 0 Å². The monoisotopic (exact) mass is 270 g/mol. The molecule has 84 valence electrons. The van der Waals surface area contributed by atoms with E-state index in [1.807, 2.05) is 0 Å². The van der Waals surface area contributed by atoms with Crippen molar-refractivity contribution < 1.29 is 5.11 Å². The smallest absolute Gasteiger partial charge is 0.0431 e. The summed E-state index contributed by atoms with van der Waals surface area (Å²) in [7, 11) is 0. The van der Waals surface area contributed by atoms with Crippen LogP contribution in [0.15, 0.2) is 28.7 Å². The Bertz CT molecular complexity index is 256. The normalized spacial score (nSPS) is 10.5. The van der Waals surface area contributed by atoms with Crippen LogP contribution in [0, 0.1) is 0 Å². The lowest BCUT2D eigenvalue weighted by Crippen LogP contribution is -1.87. The Morgan fingerprint density at radius 3 is 2.13 bits per heavy atom. The Kier molecular flexibility index (Phi) is 6.69. The van der Waals surface area contributed by atoms with Crippen molar-refractivity contribution in [1.29, 1.82) is 0 Å². The van der Waals surface area contributed by atoms with Gasteiger partial charge in [-0.3, -0.25) is 0 Å². The highest BCUT2D eigenvalue weighted by Crippen LogP contribution is 2.13. The van der Waals surface area contributed by atoms with Crippen molar-refractivity contribution in [2.75, 3.05) is 6.61 Å². The molecule has 0 fully saturated rings. The SMILES string of the molecule is OCCCCCCCc1ccc(Br)cc1. The maximum absolute atomic E-state index is 8.62. The molecule has 0 saturated heterocycles. The van der Waals surface area contributed by atoms with E-state index in [1.165, 1.54) is 31.2 Å². The minimum atomic E-state index is 0.340. The lowest BCUT2D eigenvalue weighted by molar-refractivity contribution is 0.282. The molecule has 0 bridgehead atoms. The van der Waals surface area contributed by atoms with Crippen LogP contribution in [0.4, 0.5) is 0 Å². The van der Waals surface area contributed by atoms with Gasteiger partial charge in [-0.2, -0.15) is 0 Å². The summed E-state index contributed by atoms with van der Waals surface area (Å²) in [6, 6.07) is 8.55. The fourth-order valence-corrected chi connectivity index (χ4v) is 1.89. The first-order valence-electron chi connectivity index (χ1n) is 5.68. The molecule has 0 aliphatic rings. The summed E-state index contributed by atoms with van der Waals surface area (Å²) in [6.07, 6.45) is 7.07. The zero-order chi connectivity index (χ0) is 10.9. The van der Waals surface area contributed by atoms with Crippen molar-refractivity contribution in [1.82, 2.24) is 0 Å². The molecule has 0 aromatic heterocycles. The topological polar surface area (TPSA) is 20.2 Å². The molecule has 0 aliphatic carbocycles. The molecule has 1 aromatic rings. The molecule has 0 amide bonds. The summed E-state index contributed by atoms with van der Waals surface area (Å²) in [6.45, 7) is 0.340.